The van der Waals surface area contributed by atoms with Crippen LogP contribution in [0.15, 0.2) is 11.4 Å². The molecule has 0 aliphatic heterocycles. The van der Waals surface area contributed by atoms with E-state index in [1.165, 1.54) is 16.2 Å². The molecule has 0 saturated carbocycles. The Kier molecular flexibility index (Phi) is 4.45. The van der Waals surface area contributed by atoms with Crippen molar-refractivity contribution in [1.29, 1.82) is 0 Å². The van der Waals surface area contributed by atoms with Gasteiger partial charge in [0.15, 0.2) is 0 Å². The maximum atomic E-state index is 11.2. The molecule has 0 spiro atoms. The summed E-state index contributed by atoms with van der Waals surface area (Å²) in [5, 5.41) is 13.3. The topological polar surface area (TPSA) is 69.6 Å². The lowest BCUT2D eigenvalue weighted by Gasteiger charge is -2.10. The number of hydrogen-bond donors (Lipinski definition) is 2. The monoisotopic (exact) mass is 242 g/mol. The summed E-state index contributed by atoms with van der Waals surface area (Å²) in [6, 6.07) is 1.61. The average Bonchev–Trinajstić information content (AvgIpc) is 2.66. The lowest BCUT2D eigenvalue weighted by atomic mass is 10.3. The fourth-order valence-corrected chi connectivity index (χ4v) is 1.86. The van der Waals surface area contributed by atoms with Crippen LogP contribution in [0.4, 0.5) is 0 Å². The van der Waals surface area contributed by atoms with Crippen LogP contribution in [-0.4, -0.2) is 42.5 Å². The Morgan fingerprint density at radius 3 is 2.69 bits per heavy atom. The van der Waals surface area contributed by atoms with Crippen LogP contribution >= 0.6 is 11.3 Å². The minimum Gasteiger partial charge on any atom is -0.478 e. The predicted molar refractivity (Wildman–Crippen MR) is 61.7 cm³/mol. The van der Waals surface area contributed by atoms with Crippen molar-refractivity contribution in [3.8, 4) is 0 Å². The Morgan fingerprint density at radius 2 is 2.19 bits per heavy atom. The highest BCUT2D eigenvalue weighted by Crippen LogP contribution is 2.14. The minimum absolute atomic E-state index is 0.00462. The number of carbonyl (C=O) groups is 2. The first-order chi connectivity index (χ1) is 7.50. The molecule has 88 valence electrons. The summed E-state index contributed by atoms with van der Waals surface area (Å²) in [5.74, 6) is -0.929. The highest BCUT2D eigenvalue weighted by molar-refractivity contribution is 7.10. The number of carboxylic acid groups (broad SMARTS) is 1. The van der Waals surface area contributed by atoms with E-state index < -0.39 is 5.97 Å². The van der Waals surface area contributed by atoms with Gasteiger partial charge in [-0.1, -0.05) is 0 Å². The number of nitrogens with one attached hydrogen (secondary N) is 1. The fraction of sp³-hybridized carbons (Fsp3) is 0.400. The van der Waals surface area contributed by atoms with Gasteiger partial charge in [0.25, 0.3) is 0 Å². The number of nitrogens with zero attached hydrogens (tertiary/aromatic N) is 1. The maximum Gasteiger partial charge on any atom is 0.336 e. The van der Waals surface area contributed by atoms with E-state index in [1.54, 1.807) is 25.5 Å². The molecule has 1 aromatic rings. The van der Waals surface area contributed by atoms with E-state index in [4.69, 9.17) is 5.11 Å². The molecule has 0 radical (unpaired) electrons. The third-order valence-corrected chi connectivity index (χ3v) is 2.91. The van der Waals surface area contributed by atoms with Gasteiger partial charge in [0.1, 0.15) is 0 Å². The van der Waals surface area contributed by atoms with Crippen LogP contribution in [0.25, 0.3) is 0 Å². The van der Waals surface area contributed by atoms with E-state index in [0.717, 1.165) is 4.88 Å². The number of carboxylic acids is 1. The summed E-state index contributed by atoms with van der Waals surface area (Å²) >= 11 is 1.37. The van der Waals surface area contributed by atoms with Crippen molar-refractivity contribution >= 4 is 23.2 Å². The van der Waals surface area contributed by atoms with E-state index in [-0.39, 0.29) is 12.5 Å². The van der Waals surface area contributed by atoms with Crippen molar-refractivity contribution in [1.82, 2.24) is 10.2 Å². The Bertz CT molecular complexity index is 387. The minimum atomic E-state index is -0.924. The lowest BCUT2D eigenvalue weighted by Crippen LogP contribution is -2.32. The smallest absolute Gasteiger partial charge is 0.336 e. The van der Waals surface area contributed by atoms with Crippen LogP contribution in [0.2, 0.25) is 0 Å². The first-order valence-corrected chi connectivity index (χ1v) is 5.60. The summed E-state index contributed by atoms with van der Waals surface area (Å²) < 4.78 is 0. The highest BCUT2D eigenvalue weighted by atomic mass is 32.1. The summed E-state index contributed by atoms with van der Waals surface area (Å²) in [6.07, 6.45) is 0. The van der Waals surface area contributed by atoms with Gasteiger partial charge in [0.2, 0.25) is 5.91 Å². The van der Waals surface area contributed by atoms with E-state index >= 15 is 0 Å². The zero-order chi connectivity index (χ0) is 12.1. The SMILES string of the molecule is CN(C)C(=O)CNCc1cc(C(=O)O)cs1. The van der Waals surface area contributed by atoms with Crippen molar-refractivity contribution in [2.45, 2.75) is 6.54 Å². The number of likely N-dealkylation sites (N-methyl/N-ethyl adjacent to an activating group) is 1. The Labute approximate surface area is 97.7 Å². The number of aromatic carboxylic acids is 1. The molecule has 1 aromatic heterocycles. The number of amides is 1. The van der Waals surface area contributed by atoms with Crippen LogP contribution in [-0.2, 0) is 11.3 Å². The van der Waals surface area contributed by atoms with Gasteiger partial charge in [-0.3, -0.25) is 4.79 Å². The standard InChI is InChI=1S/C10H14N2O3S/c1-12(2)9(13)5-11-4-8-3-7(6-16-8)10(14)15/h3,6,11H,4-5H2,1-2H3,(H,14,15). The van der Waals surface area contributed by atoms with Crippen LogP contribution in [0.3, 0.4) is 0 Å². The van der Waals surface area contributed by atoms with Gasteiger partial charge < -0.3 is 15.3 Å². The molecule has 0 unspecified atom stereocenters. The molecule has 0 aromatic carbocycles. The number of hydrogen-bond acceptors (Lipinski definition) is 4. The summed E-state index contributed by atoms with van der Waals surface area (Å²) in [6.45, 7) is 0.769. The second-order valence-corrected chi connectivity index (χ2v) is 4.49. The molecular weight excluding hydrogens is 228 g/mol. The molecule has 2 N–H and O–H groups in total. The lowest BCUT2D eigenvalue weighted by molar-refractivity contribution is -0.127. The molecule has 16 heavy (non-hydrogen) atoms. The Morgan fingerprint density at radius 1 is 1.50 bits per heavy atom. The van der Waals surface area contributed by atoms with Gasteiger partial charge in [-0.05, 0) is 6.07 Å². The molecule has 0 aliphatic carbocycles. The number of carbonyl (C=O) groups excluding carboxylic acids is 1. The van der Waals surface area contributed by atoms with Crippen LogP contribution in [0.1, 0.15) is 15.2 Å². The van der Waals surface area contributed by atoms with E-state index in [1.807, 2.05) is 0 Å². The van der Waals surface area contributed by atoms with Gasteiger partial charge in [-0.25, -0.2) is 4.79 Å². The number of rotatable bonds is 5. The second kappa shape index (κ2) is 5.62. The van der Waals surface area contributed by atoms with Crippen molar-refractivity contribution in [2.24, 2.45) is 0 Å². The summed E-state index contributed by atoms with van der Waals surface area (Å²) in [4.78, 5) is 24.2. The van der Waals surface area contributed by atoms with Crippen molar-refractivity contribution in [2.75, 3.05) is 20.6 Å². The quantitative estimate of drug-likeness (QED) is 0.794. The van der Waals surface area contributed by atoms with Gasteiger partial charge in [-0.15, -0.1) is 11.3 Å². The largest absolute Gasteiger partial charge is 0.478 e. The van der Waals surface area contributed by atoms with Gasteiger partial charge in [0.05, 0.1) is 12.1 Å². The van der Waals surface area contributed by atoms with Gasteiger partial charge in [-0.2, -0.15) is 0 Å². The molecule has 6 heteroatoms. The third-order valence-electron chi connectivity index (χ3n) is 1.97. The van der Waals surface area contributed by atoms with Crippen molar-refractivity contribution < 1.29 is 14.7 Å². The van der Waals surface area contributed by atoms with Gasteiger partial charge >= 0.3 is 5.97 Å². The third kappa shape index (κ3) is 3.63. The van der Waals surface area contributed by atoms with E-state index in [2.05, 4.69) is 5.32 Å². The van der Waals surface area contributed by atoms with E-state index in [9.17, 15) is 9.59 Å². The van der Waals surface area contributed by atoms with Crippen LogP contribution < -0.4 is 5.32 Å². The first kappa shape index (κ1) is 12.7. The van der Waals surface area contributed by atoms with Crippen molar-refractivity contribution in [3.05, 3.63) is 21.9 Å². The normalized spacial score (nSPS) is 10.1. The van der Waals surface area contributed by atoms with Gasteiger partial charge in [0, 0.05) is 30.9 Å². The fourth-order valence-electron chi connectivity index (χ4n) is 1.04. The van der Waals surface area contributed by atoms with Crippen LogP contribution in [0.5, 0.6) is 0 Å². The molecule has 0 atom stereocenters. The summed E-state index contributed by atoms with van der Waals surface area (Å²) in [5.41, 5.74) is 0.292. The number of thiophene rings is 1. The maximum absolute atomic E-state index is 11.2. The van der Waals surface area contributed by atoms with E-state index in [0.29, 0.717) is 12.1 Å². The highest BCUT2D eigenvalue weighted by Gasteiger charge is 2.07. The first-order valence-electron chi connectivity index (χ1n) is 4.72. The molecule has 1 rings (SSSR count). The summed E-state index contributed by atoms with van der Waals surface area (Å²) in [7, 11) is 3.38. The predicted octanol–water partition coefficient (Wildman–Crippen LogP) is 0.624. The molecule has 0 saturated heterocycles. The van der Waals surface area contributed by atoms with Crippen LogP contribution in [0, 0.1) is 0 Å². The average molecular weight is 242 g/mol. The Hall–Kier alpha value is -1.40. The Balaban J connectivity index is 2.37. The zero-order valence-corrected chi connectivity index (χ0v) is 10.0. The zero-order valence-electron chi connectivity index (χ0n) is 9.19. The molecule has 5 nitrogen and oxygen atoms in total. The molecule has 1 amide bonds. The second-order valence-electron chi connectivity index (χ2n) is 3.50. The molecular formula is C10H14N2O3S. The molecule has 0 aliphatic rings. The molecule has 0 bridgehead atoms. The van der Waals surface area contributed by atoms with Crippen molar-refractivity contribution in [3.63, 3.8) is 0 Å². The molecule has 0 fully saturated rings. The molecule has 1 heterocycles.